The molecule has 0 fully saturated rings. The molecule has 0 amide bonds. The summed E-state index contributed by atoms with van der Waals surface area (Å²) in [6.07, 6.45) is 0. The Hall–Kier alpha value is -7.36. The molecule has 0 aliphatic rings. The molecule has 0 saturated heterocycles. The molecule has 0 saturated carbocycles. The minimum Gasteiger partial charge on any atom is -0.455 e. The largest absolute Gasteiger partial charge is 0.455 e. The first-order valence-electron chi connectivity index (χ1n) is 18.7. The van der Waals surface area contributed by atoms with Crippen LogP contribution in [0.4, 0.5) is 0 Å². The first-order valence-corrected chi connectivity index (χ1v) is 18.7. The van der Waals surface area contributed by atoms with Crippen LogP contribution in [0.2, 0.25) is 0 Å². The molecule has 0 radical (unpaired) electrons. The van der Waals surface area contributed by atoms with E-state index in [-0.39, 0.29) is 0 Å². The maximum Gasteiger partial charge on any atom is 0.161 e. The number of para-hydroxylation sites is 2. The Labute approximate surface area is 317 Å². The van der Waals surface area contributed by atoms with Crippen molar-refractivity contribution in [2.45, 2.75) is 0 Å². The van der Waals surface area contributed by atoms with Crippen molar-refractivity contribution in [3.8, 4) is 56.2 Å². The molecule has 11 aromatic rings. The van der Waals surface area contributed by atoms with E-state index in [1.807, 2.05) is 12.1 Å². The number of rotatable bonds is 5. The monoisotopic (exact) mass is 700 g/mol. The van der Waals surface area contributed by atoms with Gasteiger partial charge in [-0.15, -0.1) is 0 Å². The summed E-state index contributed by atoms with van der Waals surface area (Å²) in [5.74, 6) is 0.698. The fourth-order valence-electron chi connectivity index (χ4n) is 8.28. The van der Waals surface area contributed by atoms with Crippen molar-refractivity contribution in [3.63, 3.8) is 0 Å². The zero-order chi connectivity index (χ0) is 36.3. The third kappa shape index (κ3) is 5.20. The Morgan fingerprint density at radius 2 is 0.945 bits per heavy atom. The van der Waals surface area contributed by atoms with Gasteiger partial charge < -0.3 is 4.42 Å². The number of hydrogen-bond acceptors (Lipinski definition) is 3. The lowest BCUT2D eigenvalue weighted by molar-refractivity contribution is 0.670. The van der Waals surface area contributed by atoms with Crippen molar-refractivity contribution in [1.29, 1.82) is 0 Å². The Morgan fingerprint density at radius 3 is 1.80 bits per heavy atom. The predicted molar refractivity (Wildman–Crippen MR) is 229 cm³/mol. The molecule has 55 heavy (non-hydrogen) atoms. The van der Waals surface area contributed by atoms with Crippen molar-refractivity contribution in [3.05, 3.63) is 194 Å². The van der Waals surface area contributed by atoms with E-state index in [1.54, 1.807) is 0 Å². The molecule has 3 nitrogen and oxygen atoms in total. The molecule has 0 N–H and O–H groups in total. The van der Waals surface area contributed by atoms with E-state index in [2.05, 4.69) is 182 Å². The summed E-state index contributed by atoms with van der Waals surface area (Å²) in [5, 5.41) is 9.28. The van der Waals surface area contributed by atoms with Crippen LogP contribution in [0.5, 0.6) is 0 Å². The average molecular weight is 701 g/mol. The normalized spacial score (nSPS) is 11.6. The molecule has 0 unspecified atom stereocenters. The lowest BCUT2D eigenvalue weighted by Crippen LogP contribution is -1.98. The van der Waals surface area contributed by atoms with Gasteiger partial charge in [0.05, 0.1) is 11.4 Å². The van der Waals surface area contributed by atoms with Crippen LogP contribution in [-0.2, 0) is 0 Å². The van der Waals surface area contributed by atoms with Gasteiger partial charge in [0.25, 0.3) is 0 Å². The highest BCUT2D eigenvalue weighted by molar-refractivity contribution is 6.19. The highest BCUT2D eigenvalue weighted by Crippen LogP contribution is 2.41. The molecule has 0 aliphatic carbocycles. The van der Waals surface area contributed by atoms with Crippen molar-refractivity contribution in [2.24, 2.45) is 0 Å². The van der Waals surface area contributed by atoms with Gasteiger partial charge in [-0.3, -0.25) is 0 Å². The van der Waals surface area contributed by atoms with Gasteiger partial charge in [-0.1, -0.05) is 176 Å². The lowest BCUT2D eigenvalue weighted by Gasteiger charge is -2.16. The molecule has 2 aromatic heterocycles. The van der Waals surface area contributed by atoms with E-state index in [0.717, 1.165) is 88.4 Å². The molecular formula is C52H32N2O. The maximum atomic E-state index is 6.41. The summed E-state index contributed by atoms with van der Waals surface area (Å²) in [6, 6.07) is 68.5. The Balaban J connectivity index is 1.14. The van der Waals surface area contributed by atoms with Crippen molar-refractivity contribution in [1.82, 2.24) is 9.97 Å². The SMILES string of the molecule is c1ccc(-c2ccccc2-c2cc(-c3ccc(-c4cccc5c4oc4ccccc45)cc3)nc(-c3c4ccccc4cc4c3ccc3ccccc34)n2)cc1. The van der Waals surface area contributed by atoms with E-state index in [0.29, 0.717) is 5.82 Å². The van der Waals surface area contributed by atoms with Crippen molar-refractivity contribution >= 4 is 54.3 Å². The highest BCUT2D eigenvalue weighted by Gasteiger charge is 2.19. The summed E-state index contributed by atoms with van der Waals surface area (Å²) < 4.78 is 6.41. The highest BCUT2D eigenvalue weighted by atomic mass is 16.3. The zero-order valence-corrected chi connectivity index (χ0v) is 29.8. The second-order valence-corrected chi connectivity index (χ2v) is 14.1. The number of aromatic nitrogens is 2. The Kier molecular flexibility index (Phi) is 7.17. The minimum atomic E-state index is 0.698. The topological polar surface area (TPSA) is 38.9 Å². The summed E-state index contributed by atoms with van der Waals surface area (Å²) in [4.78, 5) is 10.9. The maximum absolute atomic E-state index is 6.41. The minimum absolute atomic E-state index is 0.698. The van der Waals surface area contributed by atoms with Gasteiger partial charge in [0.15, 0.2) is 5.82 Å². The molecule has 0 atom stereocenters. The standard InChI is InChI=1S/C52H32N2O/c1-2-13-33(14-3-1)38-17-8-9-20-42(38)48-32-47(36-27-25-35(26-28-36)41-22-12-23-45-43-21-10-11-24-49(43)55-51(41)45)53-52(54-48)50-40-19-7-5-16-37(40)31-46-39-18-6-4-15-34(39)29-30-44(46)50/h1-32H. The van der Waals surface area contributed by atoms with Crippen LogP contribution in [0, 0.1) is 0 Å². The molecule has 11 rings (SSSR count). The first-order chi connectivity index (χ1) is 27.3. The second-order valence-electron chi connectivity index (χ2n) is 14.1. The van der Waals surface area contributed by atoms with Crippen molar-refractivity contribution in [2.75, 3.05) is 0 Å². The Bertz CT molecular complexity index is 3250. The number of hydrogen-bond donors (Lipinski definition) is 0. The van der Waals surface area contributed by atoms with Gasteiger partial charge in [-0.05, 0) is 67.2 Å². The quantitative estimate of drug-likeness (QED) is 0.133. The van der Waals surface area contributed by atoms with Crippen LogP contribution < -0.4 is 0 Å². The molecule has 0 bridgehead atoms. The fourth-order valence-corrected chi connectivity index (χ4v) is 8.28. The van der Waals surface area contributed by atoms with Crippen LogP contribution in [0.15, 0.2) is 199 Å². The van der Waals surface area contributed by atoms with Gasteiger partial charge in [-0.2, -0.15) is 0 Å². The fraction of sp³-hybridized carbons (Fsp3) is 0. The lowest BCUT2D eigenvalue weighted by atomic mass is 9.92. The van der Waals surface area contributed by atoms with Gasteiger partial charge >= 0.3 is 0 Å². The van der Waals surface area contributed by atoms with Crippen LogP contribution in [0.3, 0.4) is 0 Å². The van der Waals surface area contributed by atoms with Gasteiger partial charge in [0, 0.05) is 33.0 Å². The Morgan fingerprint density at radius 1 is 0.327 bits per heavy atom. The summed E-state index contributed by atoms with van der Waals surface area (Å²) in [7, 11) is 0. The molecule has 256 valence electrons. The molecular weight excluding hydrogens is 669 g/mol. The van der Waals surface area contributed by atoms with Crippen molar-refractivity contribution < 1.29 is 4.42 Å². The third-order valence-electron chi connectivity index (χ3n) is 10.9. The number of fused-ring (bicyclic) bond motifs is 7. The molecule has 3 heteroatoms. The molecule has 0 aliphatic heterocycles. The van der Waals surface area contributed by atoms with Crippen LogP contribution in [-0.4, -0.2) is 9.97 Å². The number of furan rings is 1. The van der Waals surface area contributed by atoms with E-state index in [1.165, 1.54) is 16.2 Å². The first kappa shape index (κ1) is 31.2. The van der Waals surface area contributed by atoms with E-state index < -0.39 is 0 Å². The van der Waals surface area contributed by atoms with Crippen LogP contribution in [0.1, 0.15) is 0 Å². The van der Waals surface area contributed by atoms with Crippen LogP contribution >= 0.6 is 0 Å². The molecule has 2 heterocycles. The number of benzene rings is 9. The predicted octanol–water partition coefficient (Wildman–Crippen LogP) is 14.2. The molecule has 0 spiro atoms. The summed E-state index contributed by atoms with van der Waals surface area (Å²) in [5.41, 5.74) is 11.1. The third-order valence-corrected chi connectivity index (χ3v) is 10.9. The van der Waals surface area contributed by atoms with Gasteiger partial charge in [0.1, 0.15) is 11.2 Å². The summed E-state index contributed by atoms with van der Waals surface area (Å²) >= 11 is 0. The number of nitrogens with zero attached hydrogens (tertiary/aromatic N) is 2. The van der Waals surface area contributed by atoms with E-state index in [4.69, 9.17) is 14.4 Å². The zero-order valence-electron chi connectivity index (χ0n) is 29.8. The van der Waals surface area contributed by atoms with E-state index in [9.17, 15) is 0 Å². The van der Waals surface area contributed by atoms with Gasteiger partial charge in [0.2, 0.25) is 0 Å². The second kappa shape index (κ2) is 12.6. The average Bonchev–Trinajstić information content (AvgIpc) is 3.65. The van der Waals surface area contributed by atoms with E-state index >= 15 is 0 Å². The smallest absolute Gasteiger partial charge is 0.161 e. The van der Waals surface area contributed by atoms with Crippen LogP contribution in [0.25, 0.3) is 110 Å². The molecule has 9 aromatic carbocycles. The van der Waals surface area contributed by atoms with Gasteiger partial charge in [-0.25, -0.2) is 9.97 Å². The summed E-state index contributed by atoms with van der Waals surface area (Å²) in [6.45, 7) is 0.